The van der Waals surface area contributed by atoms with Gasteiger partial charge < -0.3 is 5.32 Å². The molecule has 3 rings (SSSR count). The summed E-state index contributed by atoms with van der Waals surface area (Å²) < 4.78 is 28.9. The minimum Gasteiger partial charge on any atom is -0.326 e. The molecule has 28 heavy (non-hydrogen) atoms. The van der Waals surface area contributed by atoms with Crippen LogP contribution >= 0.6 is 0 Å². The van der Waals surface area contributed by atoms with Crippen LogP contribution in [0, 0.1) is 13.8 Å². The Bertz CT molecular complexity index is 1080. The monoisotopic (exact) mass is 398 g/mol. The fraction of sp³-hybridized carbons (Fsp3) is 0.200. The van der Waals surface area contributed by atoms with Crippen LogP contribution in [0.25, 0.3) is 5.69 Å². The van der Waals surface area contributed by atoms with Gasteiger partial charge >= 0.3 is 0 Å². The van der Waals surface area contributed by atoms with Crippen molar-refractivity contribution in [2.75, 3.05) is 11.9 Å². The molecule has 1 heterocycles. The van der Waals surface area contributed by atoms with Gasteiger partial charge in [-0.2, -0.15) is 5.10 Å². The largest absolute Gasteiger partial charge is 0.326 e. The van der Waals surface area contributed by atoms with Crippen LogP contribution in [0.3, 0.4) is 0 Å². The molecular weight excluding hydrogens is 376 g/mol. The molecule has 0 aliphatic carbocycles. The second-order valence-corrected chi connectivity index (χ2v) is 8.21. The summed E-state index contributed by atoms with van der Waals surface area (Å²) in [6.45, 7) is 3.80. The van der Waals surface area contributed by atoms with E-state index in [2.05, 4.69) is 15.1 Å². The average molecular weight is 398 g/mol. The Morgan fingerprint density at radius 3 is 2.61 bits per heavy atom. The van der Waals surface area contributed by atoms with E-state index >= 15 is 0 Å². The number of aromatic nitrogens is 2. The zero-order valence-electron chi connectivity index (χ0n) is 15.7. The van der Waals surface area contributed by atoms with Crippen LogP contribution in [-0.2, 0) is 14.8 Å². The molecule has 8 heteroatoms. The van der Waals surface area contributed by atoms with E-state index in [9.17, 15) is 13.2 Å². The molecule has 0 saturated carbocycles. The topological polar surface area (TPSA) is 93.1 Å². The van der Waals surface area contributed by atoms with E-state index in [-0.39, 0.29) is 23.8 Å². The molecule has 2 N–H and O–H groups in total. The van der Waals surface area contributed by atoms with E-state index < -0.39 is 10.0 Å². The molecule has 146 valence electrons. The van der Waals surface area contributed by atoms with Gasteiger partial charge in [0.15, 0.2) is 0 Å². The van der Waals surface area contributed by atoms with Gasteiger partial charge in [-0.3, -0.25) is 4.79 Å². The summed E-state index contributed by atoms with van der Waals surface area (Å²) in [5.74, 6) is -0.277. The van der Waals surface area contributed by atoms with Crippen LogP contribution in [0.15, 0.2) is 65.8 Å². The maximum absolute atomic E-state index is 12.4. The Hall–Kier alpha value is -2.97. The molecule has 2 aromatic carbocycles. The fourth-order valence-electron chi connectivity index (χ4n) is 2.63. The van der Waals surface area contributed by atoms with Crippen LogP contribution in [0.4, 0.5) is 5.69 Å². The number of nitrogens with zero attached hydrogens (tertiary/aromatic N) is 2. The summed E-state index contributed by atoms with van der Waals surface area (Å²) >= 11 is 0. The van der Waals surface area contributed by atoms with E-state index in [1.807, 2.05) is 38.2 Å². The van der Waals surface area contributed by atoms with Crippen molar-refractivity contribution >= 4 is 21.6 Å². The zero-order valence-corrected chi connectivity index (χ0v) is 16.5. The van der Waals surface area contributed by atoms with Gasteiger partial charge in [0.25, 0.3) is 0 Å². The number of aryl methyl sites for hydroxylation is 2. The highest BCUT2D eigenvalue weighted by Crippen LogP contribution is 2.15. The van der Waals surface area contributed by atoms with E-state index in [1.54, 1.807) is 41.2 Å². The van der Waals surface area contributed by atoms with E-state index in [0.29, 0.717) is 5.69 Å². The third-order valence-corrected chi connectivity index (χ3v) is 5.79. The van der Waals surface area contributed by atoms with E-state index in [4.69, 9.17) is 0 Å². The molecule has 1 aromatic heterocycles. The van der Waals surface area contributed by atoms with Gasteiger partial charge in [0, 0.05) is 31.0 Å². The van der Waals surface area contributed by atoms with E-state index in [0.717, 1.165) is 16.8 Å². The Morgan fingerprint density at radius 2 is 1.89 bits per heavy atom. The van der Waals surface area contributed by atoms with Gasteiger partial charge in [-0.25, -0.2) is 17.8 Å². The normalized spacial score (nSPS) is 11.4. The molecule has 0 fully saturated rings. The highest BCUT2D eigenvalue weighted by molar-refractivity contribution is 7.89. The van der Waals surface area contributed by atoms with Crippen LogP contribution in [0.2, 0.25) is 0 Å². The Kier molecular flexibility index (Phi) is 5.91. The number of benzene rings is 2. The number of hydrogen-bond acceptors (Lipinski definition) is 4. The van der Waals surface area contributed by atoms with Crippen molar-refractivity contribution in [3.8, 4) is 5.69 Å². The Balaban J connectivity index is 1.56. The van der Waals surface area contributed by atoms with Crippen molar-refractivity contribution in [2.45, 2.75) is 25.2 Å². The first kappa shape index (κ1) is 19.8. The lowest BCUT2D eigenvalue weighted by Gasteiger charge is -2.10. The second kappa shape index (κ2) is 8.37. The first-order chi connectivity index (χ1) is 13.3. The van der Waals surface area contributed by atoms with Crippen LogP contribution in [0.5, 0.6) is 0 Å². The lowest BCUT2D eigenvalue weighted by Crippen LogP contribution is -2.28. The van der Waals surface area contributed by atoms with Crippen LogP contribution in [0.1, 0.15) is 17.5 Å². The van der Waals surface area contributed by atoms with Crippen LogP contribution < -0.4 is 10.0 Å². The van der Waals surface area contributed by atoms with Crippen molar-refractivity contribution in [1.29, 1.82) is 0 Å². The first-order valence-corrected chi connectivity index (χ1v) is 10.3. The minimum atomic E-state index is -3.65. The van der Waals surface area contributed by atoms with Gasteiger partial charge in [0.1, 0.15) is 0 Å². The molecule has 7 nitrogen and oxygen atoms in total. The number of sulfonamides is 1. The number of carbonyl (C=O) groups is 1. The molecule has 0 aliphatic heterocycles. The number of anilines is 1. The fourth-order valence-corrected chi connectivity index (χ4v) is 3.75. The van der Waals surface area contributed by atoms with Crippen molar-refractivity contribution in [2.24, 2.45) is 0 Å². The van der Waals surface area contributed by atoms with Crippen molar-refractivity contribution in [3.63, 3.8) is 0 Å². The Morgan fingerprint density at radius 1 is 1.07 bits per heavy atom. The first-order valence-electron chi connectivity index (χ1n) is 8.82. The van der Waals surface area contributed by atoms with Gasteiger partial charge in [0.05, 0.1) is 10.6 Å². The maximum atomic E-state index is 12.4. The quantitative estimate of drug-likeness (QED) is 0.640. The van der Waals surface area contributed by atoms with Gasteiger partial charge in [-0.15, -0.1) is 0 Å². The summed E-state index contributed by atoms with van der Waals surface area (Å²) in [5.41, 5.74) is 3.36. The number of hydrogen-bond donors (Lipinski definition) is 2. The molecular formula is C20H22N4O3S. The summed E-state index contributed by atoms with van der Waals surface area (Å²) in [7, 11) is -3.65. The zero-order chi connectivity index (χ0) is 20.1. The summed E-state index contributed by atoms with van der Waals surface area (Å²) in [6, 6.07) is 14.0. The third-order valence-electron chi connectivity index (χ3n) is 4.33. The third kappa shape index (κ3) is 4.85. The standard InChI is InChI=1S/C20H22N4O3S/c1-15-7-8-19(13-16(15)2)28(26,27)22-11-9-20(25)23-17-5-3-6-18(14-17)24-12-4-10-21-24/h3-8,10,12-14,22H,9,11H2,1-2H3,(H,23,25). The maximum Gasteiger partial charge on any atom is 0.240 e. The molecule has 0 bridgehead atoms. The van der Waals surface area contributed by atoms with Crippen molar-refractivity contribution < 1.29 is 13.2 Å². The SMILES string of the molecule is Cc1ccc(S(=O)(=O)NCCC(=O)Nc2cccc(-n3cccn3)c2)cc1C. The van der Waals surface area contributed by atoms with Crippen molar-refractivity contribution in [1.82, 2.24) is 14.5 Å². The lowest BCUT2D eigenvalue weighted by molar-refractivity contribution is -0.116. The summed E-state index contributed by atoms with van der Waals surface area (Å²) in [5, 5.41) is 6.92. The second-order valence-electron chi connectivity index (χ2n) is 6.44. The molecule has 0 saturated heterocycles. The molecule has 3 aromatic rings. The highest BCUT2D eigenvalue weighted by atomic mass is 32.2. The molecule has 0 atom stereocenters. The molecule has 0 unspecified atom stereocenters. The Labute approximate surface area is 164 Å². The summed E-state index contributed by atoms with van der Waals surface area (Å²) in [6.07, 6.45) is 3.51. The number of rotatable bonds is 7. The van der Waals surface area contributed by atoms with Gasteiger partial charge in [-0.05, 0) is 61.4 Å². The van der Waals surface area contributed by atoms with Gasteiger partial charge in [0.2, 0.25) is 15.9 Å². The predicted octanol–water partition coefficient (Wildman–Crippen LogP) is 2.80. The molecule has 0 aliphatic rings. The predicted molar refractivity (Wildman–Crippen MR) is 108 cm³/mol. The molecule has 0 radical (unpaired) electrons. The lowest BCUT2D eigenvalue weighted by atomic mass is 10.1. The highest BCUT2D eigenvalue weighted by Gasteiger charge is 2.15. The number of carbonyl (C=O) groups excluding carboxylic acids is 1. The summed E-state index contributed by atoms with van der Waals surface area (Å²) in [4.78, 5) is 12.4. The smallest absolute Gasteiger partial charge is 0.240 e. The average Bonchev–Trinajstić information content (AvgIpc) is 3.19. The van der Waals surface area contributed by atoms with Crippen LogP contribution in [-0.4, -0.2) is 30.7 Å². The minimum absolute atomic E-state index is 0.0138. The van der Waals surface area contributed by atoms with Gasteiger partial charge in [-0.1, -0.05) is 12.1 Å². The molecule has 1 amide bonds. The number of amides is 1. The number of nitrogens with one attached hydrogen (secondary N) is 2. The van der Waals surface area contributed by atoms with E-state index in [1.165, 1.54) is 0 Å². The van der Waals surface area contributed by atoms with Crippen molar-refractivity contribution in [3.05, 3.63) is 72.1 Å². The molecule has 0 spiro atoms.